The Balaban J connectivity index is 2.22. The molecule has 8 heteroatoms. The van der Waals surface area contributed by atoms with Crippen LogP contribution in [0.15, 0.2) is 0 Å². The molecule has 1 saturated heterocycles. The van der Waals surface area contributed by atoms with Crippen LogP contribution >= 0.6 is 0 Å². The number of carbonyl (C=O) groups excluding carboxylic acids is 2. The van der Waals surface area contributed by atoms with Crippen LogP contribution in [0.4, 0.5) is 4.79 Å². The zero-order valence-corrected chi connectivity index (χ0v) is 11.3. The zero-order chi connectivity index (χ0) is 15.0. The molecule has 114 valence electrons. The maximum absolute atomic E-state index is 11.5. The van der Waals surface area contributed by atoms with Crippen molar-refractivity contribution in [3.8, 4) is 0 Å². The molecule has 1 rings (SSSR count). The SMILES string of the molecule is NC(=O)CC[C@H](NC(=O)NCCC1CCOC1)C(=O)O. The normalized spacial score (nSPS) is 19.3. The number of aliphatic carboxylic acids is 1. The summed E-state index contributed by atoms with van der Waals surface area (Å²) in [5.41, 5.74) is 4.95. The Morgan fingerprint density at radius 1 is 1.40 bits per heavy atom. The minimum absolute atomic E-state index is 0.0193. The van der Waals surface area contributed by atoms with E-state index in [1.54, 1.807) is 0 Å². The second kappa shape index (κ2) is 8.36. The van der Waals surface area contributed by atoms with E-state index in [9.17, 15) is 14.4 Å². The van der Waals surface area contributed by atoms with Crippen molar-refractivity contribution in [3.05, 3.63) is 0 Å². The third-order valence-corrected chi connectivity index (χ3v) is 3.14. The van der Waals surface area contributed by atoms with Gasteiger partial charge in [0.05, 0.1) is 0 Å². The number of amides is 3. The summed E-state index contributed by atoms with van der Waals surface area (Å²) in [7, 11) is 0. The van der Waals surface area contributed by atoms with Crippen LogP contribution in [0.25, 0.3) is 0 Å². The number of carbonyl (C=O) groups is 3. The van der Waals surface area contributed by atoms with E-state index in [2.05, 4.69) is 10.6 Å². The maximum atomic E-state index is 11.5. The monoisotopic (exact) mass is 287 g/mol. The molecule has 0 saturated carbocycles. The Labute approximate surface area is 117 Å². The number of nitrogens with one attached hydrogen (secondary N) is 2. The fourth-order valence-corrected chi connectivity index (χ4v) is 1.95. The summed E-state index contributed by atoms with van der Waals surface area (Å²) in [4.78, 5) is 33.1. The largest absolute Gasteiger partial charge is 0.480 e. The molecule has 5 N–H and O–H groups in total. The van der Waals surface area contributed by atoms with E-state index in [1.807, 2.05) is 0 Å². The molecule has 8 nitrogen and oxygen atoms in total. The fraction of sp³-hybridized carbons (Fsp3) is 0.750. The lowest BCUT2D eigenvalue weighted by Crippen LogP contribution is -2.46. The highest BCUT2D eigenvalue weighted by molar-refractivity contribution is 5.83. The van der Waals surface area contributed by atoms with Gasteiger partial charge in [-0.25, -0.2) is 9.59 Å². The maximum Gasteiger partial charge on any atom is 0.326 e. The highest BCUT2D eigenvalue weighted by Gasteiger charge is 2.21. The molecule has 0 radical (unpaired) electrons. The molecule has 0 aromatic carbocycles. The van der Waals surface area contributed by atoms with E-state index in [4.69, 9.17) is 15.6 Å². The van der Waals surface area contributed by atoms with Crippen LogP contribution < -0.4 is 16.4 Å². The number of carboxylic acid groups (broad SMARTS) is 1. The second-order valence-corrected chi connectivity index (χ2v) is 4.81. The van der Waals surface area contributed by atoms with Crippen LogP contribution in [0.5, 0.6) is 0 Å². The molecule has 20 heavy (non-hydrogen) atoms. The van der Waals surface area contributed by atoms with Crippen molar-refractivity contribution >= 4 is 17.9 Å². The van der Waals surface area contributed by atoms with Crippen molar-refractivity contribution in [3.63, 3.8) is 0 Å². The van der Waals surface area contributed by atoms with Gasteiger partial charge in [0.15, 0.2) is 0 Å². The van der Waals surface area contributed by atoms with Crippen molar-refractivity contribution in [1.29, 1.82) is 0 Å². The first kappa shape index (κ1) is 16.2. The first-order chi connectivity index (χ1) is 9.49. The Morgan fingerprint density at radius 2 is 2.15 bits per heavy atom. The van der Waals surface area contributed by atoms with Gasteiger partial charge in [0.2, 0.25) is 5.91 Å². The molecule has 0 aromatic rings. The number of primary amides is 1. The van der Waals surface area contributed by atoms with Crippen LogP contribution in [0.1, 0.15) is 25.7 Å². The highest BCUT2D eigenvalue weighted by Crippen LogP contribution is 2.15. The van der Waals surface area contributed by atoms with Gasteiger partial charge in [-0.05, 0) is 25.2 Å². The second-order valence-electron chi connectivity index (χ2n) is 4.81. The van der Waals surface area contributed by atoms with Gasteiger partial charge in [0.25, 0.3) is 0 Å². The summed E-state index contributed by atoms with van der Waals surface area (Å²) in [6, 6.07) is -1.67. The lowest BCUT2D eigenvalue weighted by Gasteiger charge is -2.15. The third kappa shape index (κ3) is 6.37. The standard InChI is InChI=1S/C12H21N3O5/c13-10(16)2-1-9(11(17)18)15-12(19)14-5-3-8-4-6-20-7-8/h8-9H,1-7H2,(H2,13,16)(H,17,18)(H2,14,15,19)/t8?,9-/m0/s1. The first-order valence-corrected chi connectivity index (χ1v) is 6.62. The van der Waals surface area contributed by atoms with E-state index < -0.39 is 23.9 Å². The highest BCUT2D eigenvalue weighted by atomic mass is 16.5. The van der Waals surface area contributed by atoms with Crippen molar-refractivity contribution in [2.45, 2.75) is 31.7 Å². The van der Waals surface area contributed by atoms with E-state index in [1.165, 1.54) is 0 Å². The van der Waals surface area contributed by atoms with E-state index >= 15 is 0 Å². The number of rotatable bonds is 8. The molecule has 1 unspecified atom stereocenters. The van der Waals surface area contributed by atoms with Gasteiger partial charge >= 0.3 is 12.0 Å². The van der Waals surface area contributed by atoms with Crippen LogP contribution in [0, 0.1) is 5.92 Å². The first-order valence-electron chi connectivity index (χ1n) is 6.62. The predicted octanol–water partition coefficient (Wildman–Crippen LogP) is -0.569. The molecule has 1 fully saturated rings. The van der Waals surface area contributed by atoms with Gasteiger partial charge in [0.1, 0.15) is 6.04 Å². The zero-order valence-electron chi connectivity index (χ0n) is 11.3. The Morgan fingerprint density at radius 3 is 2.70 bits per heavy atom. The number of carboxylic acids is 1. The van der Waals surface area contributed by atoms with Crippen LogP contribution in [0.3, 0.4) is 0 Å². The number of urea groups is 1. The summed E-state index contributed by atoms with van der Waals surface area (Å²) >= 11 is 0. The molecule has 0 bridgehead atoms. The molecule has 1 heterocycles. The summed E-state index contributed by atoms with van der Waals surface area (Å²) in [5.74, 6) is -1.34. The molecule has 0 aliphatic carbocycles. The van der Waals surface area contributed by atoms with E-state index in [-0.39, 0.29) is 12.8 Å². The lowest BCUT2D eigenvalue weighted by atomic mass is 10.1. The molecular weight excluding hydrogens is 266 g/mol. The van der Waals surface area contributed by atoms with Crippen molar-refractivity contribution < 1.29 is 24.2 Å². The molecule has 0 aromatic heterocycles. The van der Waals surface area contributed by atoms with Gasteiger partial charge in [-0.15, -0.1) is 0 Å². The third-order valence-electron chi connectivity index (χ3n) is 3.14. The molecule has 3 amide bonds. The summed E-state index contributed by atoms with van der Waals surface area (Å²) < 4.78 is 5.22. The summed E-state index contributed by atoms with van der Waals surface area (Å²) in [5, 5.41) is 13.8. The van der Waals surface area contributed by atoms with Crippen molar-refractivity contribution in [2.24, 2.45) is 11.7 Å². The Kier molecular flexibility index (Phi) is 6.78. The van der Waals surface area contributed by atoms with Crippen LogP contribution in [0.2, 0.25) is 0 Å². The van der Waals surface area contributed by atoms with E-state index in [0.29, 0.717) is 19.1 Å². The number of nitrogens with two attached hydrogens (primary N) is 1. The Bertz CT molecular complexity index is 355. The van der Waals surface area contributed by atoms with Gasteiger partial charge < -0.3 is 26.2 Å². The Hall–Kier alpha value is -1.83. The van der Waals surface area contributed by atoms with Gasteiger partial charge in [-0.3, -0.25) is 4.79 Å². The van der Waals surface area contributed by atoms with Crippen LogP contribution in [-0.4, -0.2) is 48.8 Å². The molecule has 0 spiro atoms. The number of hydrogen-bond donors (Lipinski definition) is 4. The topological polar surface area (TPSA) is 131 Å². The van der Waals surface area contributed by atoms with Crippen LogP contribution in [-0.2, 0) is 14.3 Å². The molecule has 1 aliphatic rings. The summed E-state index contributed by atoms with van der Waals surface area (Å²) in [6.07, 6.45) is 1.68. The average Bonchev–Trinajstić information content (AvgIpc) is 2.87. The molecule has 2 atom stereocenters. The van der Waals surface area contributed by atoms with Crippen molar-refractivity contribution in [1.82, 2.24) is 10.6 Å². The minimum atomic E-state index is -1.19. The minimum Gasteiger partial charge on any atom is -0.480 e. The smallest absolute Gasteiger partial charge is 0.326 e. The fourth-order valence-electron chi connectivity index (χ4n) is 1.95. The molecular formula is C12H21N3O5. The van der Waals surface area contributed by atoms with Crippen molar-refractivity contribution in [2.75, 3.05) is 19.8 Å². The molecule has 1 aliphatic heterocycles. The quantitative estimate of drug-likeness (QED) is 0.475. The number of ether oxygens (including phenoxy) is 1. The predicted molar refractivity (Wildman–Crippen MR) is 69.9 cm³/mol. The average molecular weight is 287 g/mol. The summed E-state index contributed by atoms with van der Waals surface area (Å²) in [6.45, 7) is 1.92. The lowest BCUT2D eigenvalue weighted by molar-refractivity contribution is -0.139. The van der Waals surface area contributed by atoms with E-state index in [0.717, 1.165) is 19.4 Å². The number of hydrogen-bond acceptors (Lipinski definition) is 4. The van der Waals surface area contributed by atoms with Gasteiger partial charge in [-0.2, -0.15) is 0 Å². The van der Waals surface area contributed by atoms with Gasteiger partial charge in [0, 0.05) is 26.2 Å². The van der Waals surface area contributed by atoms with Gasteiger partial charge in [-0.1, -0.05) is 0 Å².